The summed E-state index contributed by atoms with van der Waals surface area (Å²) < 4.78 is 19.3. The molecule has 138 valence electrons. The van der Waals surface area contributed by atoms with Crippen molar-refractivity contribution in [3.8, 4) is 6.19 Å². The second-order valence-electron chi connectivity index (χ2n) is 6.28. The van der Waals surface area contributed by atoms with Crippen LogP contribution < -0.4 is 21.1 Å². The Morgan fingerprint density at radius 2 is 2.33 bits per heavy atom. The Morgan fingerprint density at radius 3 is 3.11 bits per heavy atom. The van der Waals surface area contributed by atoms with Crippen molar-refractivity contribution in [3.63, 3.8) is 0 Å². The number of hydrogen-bond acceptors (Lipinski definition) is 7. The van der Waals surface area contributed by atoms with Gasteiger partial charge in [0, 0.05) is 18.4 Å². The van der Waals surface area contributed by atoms with Gasteiger partial charge in [-0.15, -0.1) is 0 Å². The third kappa shape index (κ3) is 3.28. The van der Waals surface area contributed by atoms with Crippen molar-refractivity contribution >= 4 is 17.3 Å². The standard InChI is InChI=1S/C18H17FN6O2/c19-11-1-2-16-14(7-11)17(24-25(16)12-4-6-27-9-12)23-15-8-21-5-3-13(15)18(26)22-10-20/h1-3,5,7-8,12,17,23-24H,4,6,9H2,(H,22,26)/t12-,17?/m0/s1. The Morgan fingerprint density at radius 1 is 1.44 bits per heavy atom. The van der Waals surface area contributed by atoms with Crippen LogP contribution in [-0.4, -0.2) is 30.1 Å². The molecule has 3 N–H and O–H groups in total. The molecule has 2 aromatic rings. The van der Waals surface area contributed by atoms with Gasteiger partial charge in [0.1, 0.15) is 12.0 Å². The highest BCUT2D eigenvalue weighted by molar-refractivity contribution is 6.00. The van der Waals surface area contributed by atoms with Gasteiger partial charge >= 0.3 is 0 Å². The predicted octanol–water partition coefficient (Wildman–Crippen LogP) is 1.66. The Bertz CT molecular complexity index is 909. The lowest BCUT2D eigenvalue weighted by Crippen LogP contribution is -2.45. The monoisotopic (exact) mass is 368 g/mol. The molecule has 0 aliphatic carbocycles. The first-order chi connectivity index (χ1) is 13.2. The number of hydrogen-bond donors (Lipinski definition) is 3. The topological polar surface area (TPSA) is 102 Å². The van der Waals surface area contributed by atoms with Crippen molar-refractivity contribution in [2.75, 3.05) is 23.5 Å². The number of aromatic nitrogens is 1. The molecule has 1 fully saturated rings. The Balaban J connectivity index is 1.65. The summed E-state index contributed by atoms with van der Waals surface area (Å²) in [5, 5.41) is 16.0. The van der Waals surface area contributed by atoms with Crippen LogP contribution in [0, 0.1) is 17.3 Å². The van der Waals surface area contributed by atoms with Gasteiger partial charge < -0.3 is 15.1 Å². The first kappa shape index (κ1) is 17.2. The van der Waals surface area contributed by atoms with Gasteiger partial charge in [-0.25, -0.2) is 9.82 Å². The molecular weight excluding hydrogens is 351 g/mol. The van der Waals surface area contributed by atoms with E-state index in [1.807, 2.05) is 5.01 Å². The van der Waals surface area contributed by atoms with Gasteiger partial charge in [0.15, 0.2) is 6.19 Å². The number of nitriles is 1. The lowest BCUT2D eigenvalue weighted by Gasteiger charge is -2.27. The van der Waals surface area contributed by atoms with Crippen LogP contribution >= 0.6 is 0 Å². The molecule has 9 heteroatoms. The van der Waals surface area contributed by atoms with Crippen LogP contribution in [0.25, 0.3) is 0 Å². The zero-order chi connectivity index (χ0) is 18.8. The summed E-state index contributed by atoms with van der Waals surface area (Å²) in [6.45, 7) is 1.26. The van der Waals surface area contributed by atoms with Crippen LogP contribution in [0.15, 0.2) is 36.7 Å². The van der Waals surface area contributed by atoms with E-state index in [-0.39, 0.29) is 17.4 Å². The fourth-order valence-electron chi connectivity index (χ4n) is 3.37. The smallest absolute Gasteiger partial charge is 0.266 e. The first-order valence-electron chi connectivity index (χ1n) is 8.50. The fourth-order valence-corrected chi connectivity index (χ4v) is 3.37. The van der Waals surface area contributed by atoms with Gasteiger partial charge in [-0.3, -0.25) is 15.1 Å². The average Bonchev–Trinajstić information content (AvgIpc) is 3.31. The van der Waals surface area contributed by atoms with Crippen LogP contribution in [0.3, 0.4) is 0 Å². The van der Waals surface area contributed by atoms with E-state index in [1.165, 1.54) is 30.6 Å². The van der Waals surface area contributed by atoms with E-state index in [0.717, 1.165) is 17.7 Å². The van der Waals surface area contributed by atoms with Crippen molar-refractivity contribution < 1.29 is 13.9 Å². The van der Waals surface area contributed by atoms with E-state index < -0.39 is 12.1 Å². The molecule has 0 saturated carbocycles. The molecule has 1 amide bonds. The van der Waals surface area contributed by atoms with Gasteiger partial charge in [0.05, 0.1) is 35.8 Å². The van der Waals surface area contributed by atoms with Crippen molar-refractivity contribution in [3.05, 3.63) is 53.6 Å². The molecule has 2 atom stereocenters. The van der Waals surface area contributed by atoms with Gasteiger partial charge in [0.2, 0.25) is 0 Å². The predicted molar refractivity (Wildman–Crippen MR) is 94.9 cm³/mol. The highest BCUT2D eigenvalue weighted by Gasteiger charge is 2.35. The molecule has 2 aliphatic heterocycles. The van der Waals surface area contributed by atoms with Gasteiger partial charge in [-0.2, -0.15) is 5.26 Å². The first-order valence-corrected chi connectivity index (χ1v) is 8.50. The summed E-state index contributed by atoms with van der Waals surface area (Å²) in [5.41, 5.74) is 5.61. The highest BCUT2D eigenvalue weighted by atomic mass is 19.1. The Labute approximate surface area is 154 Å². The van der Waals surface area contributed by atoms with Gasteiger partial charge in [-0.05, 0) is 30.7 Å². The summed E-state index contributed by atoms with van der Waals surface area (Å²) in [6, 6.07) is 6.25. The number of fused-ring (bicyclic) bond motifs is 1. The number of amides is 1. The summed E-state index contributed by atoms with van der Waals surface area (Å²) >= 11 is 0. The average molecular weight is 368 g/mol. The van der Waals surface area contributed by atoms with Gasteiger partial charge in [-0.1, -0.05) is 0 Å². The van der Waals surface area contributed by atoms with E-state index in [2.05, 4.69) is 21.0 Å². The molecular formula is C18H17FN6O2. The molecule has 1 aromatic heterocycles. The highest BCUT2D eigenvalue weighted by Crippen LogP contribution is 2.36. The molecule has 2 aliphatic rings. The number of halogens is 1. The number of nitrogens with zero attached hydrogens (tertiary/aromatic N) is 3. The lowest BCUT2D eigenvalue weighted by molar-refractivity contribution is 0.0973. The maximum absolute atomic E-state index is 13.9. The molecule has 4 rings (SSSR count). The Kier molecular flexibility index (Phi) is 4.58. The second kappa shape index (κ2) is 7.19. The van der Waals surface area contributed by atoms with Crippen molar-refractivity contribution in [1.29, 1.82) is 5.26 Å². The number of rotatable bonds is 4. The van der Waals surface area contributed by atoms with E-state index >= 15 is 0 Å². The third-order valence-corrected chi connectivity index (χ3v) is 4.63. The number of benzene rings is 1. The summed E-state index contributed by atoms with van der Waals surface area (Å²) in [5.74, 6) is -0.888. The number of anilines is 2. The largest absolute Gasteiger partial charge is 0.379 e. The van der Waals surface area contributed by atoms with Crippen LogP contribution in [0.1, 0.15) is 28.5 Å². The number of carbonyl (C=O) groups is 1. The van der Waals surface area contributed by atoms with Crippen LogP contribution in [0.4, 0.5) is 15.8 Å². The minimum atomic E-state index is -0.541. The molecule has 0 radical (unpaired) electrons. The molecule has 3 heterocycles. The third-order valence-electron chi connectivity index (χ3n) is 4.63. The molecule has 1 unspecified atom stereocenters. The minimum absolute atomic E-state index is 0.135. The number of nitrogens with one attached hydrogen (secondary N) is 3. The normalized spacial score (nSPS) is 20.8. The van der Waals surface area contributed by atoms with E-state index in [0.29, 0.717) is 18.9 Å². The van der Waals surface area contributed by atoms with Crippen LogP contribution in [0.2, 0.25) is 0 Å². The van der Waals surface area contributed by atoms with E-state index in [1.54, 1.807) is 12.3 Å². The number of pyridine rings is 1. The lowest BCUT2D eigenvalue weighted by atomic mass is 10.1. The van der Waals surface area contributed by atoms with Crippen molar-refractivity contribution in [2.24, 2.45) is 0 Å². The number of ether oxygens (including phenoxy) is 1. The molecule has 0 bridgehead atoms. The summed E-state index contributed by atoms with van der Waals surface area (Å²) in [7, 11) is 0. The maximum atomic E-state index is 13.9. The van der Waals surface area contributed by atoms with E-state index in [9.17, 15) is 9.18 Å². The van der Waals surface area contributed by atoms with Crippen molar-refractivity contribution in [1.82, 2.24) is 15.7 Å². The van der Waals surface area contributed by atoms with Crippen LogP contribution in [-0.2, 0) is 4.74 Å². The van der Waals surface area contributed by atoms with Crippen LogP contribution in [0.5, 0.6) is 0 Å². The zero-order valence-electron chi connectivity index (χ0n) is 14.3. The molecule has 8 nitrogen and oxygen atoms in total. The minimum Gasteiger partial charge on any atom is -0.379 e. The SMILES string of the molecule is N#CNC(=O)c1ccncc1NC1NN([C@H]2CCOC2)c2ccc(F)cc21. The zero-order valence-corrected chi connectivity index (χ0v) is 14.3. The maximum Gasteiger partial charge on any atom is 0.266 e. The molecule has 1 saturated heterocycles. The van der Waals surface area contributed by atoms with Gasteiger partial charge in [0.25, 0.3) is 5.91 Å². The molecule has 1 aromatic carbocycles. The second-order valence-corrected chi connectivity index (χ2v) is 6.28. The van der Waals surface area contributed by atoms with Crippen molar-refractivity contribution in [2.45, 2.75) is 18.6 Å². The quantitative estimate of drug-likeness (QED) is 0.557. The summed E-state index contributed by atoms with van der Waals surface area (Å²) in [6.07, 6.45) is 4.98. The molecule has 27 heavy (non-hydrogen) atoms. The Hall–Kier alpha value is -3.22. The fraction of sp³-hybridized carbons (Fsp3) is 0.278. The number of hydrazine groups is 1. The number of carbonyl (C=O) groups excluding carboxylic acids is 1. The van der Waals surface area contributed by atoms with E-state index in [4.69, 9.17) is 10.00 Å². The summed E-state index contributed by atoms with van der Waals surface area (Å²) in [4.78, 5) is 16.1. The molecule has 0 spiro atoms.